The molecule has 0 radical (unpaired) electrons. The zero-order valence-corrected chi connectivity index (χ0v) is 13.1. The minimum absolute atomic E-state index is 0.0976. The van der Waals surface area contributed by atoms with Crippen molar-refractivity contribution >= 4 is 5.91 Å². The van der Waals surface area contributed by atoms with Gasteiger partial charge < -0.3 is 20.1 Å². The Morgan fingerprint density at radius 2 is 1.81 bits per heavy atom. The Balaban J connectivity index is 2.15. The number of piperidine rings is 1. The summed E-state index contributed by atoms with van der Waals surface area (Å²) < 4.78 is 10.4. The van der Waals surface area contributed by atoms with Gasteiger partial charge in [0.2, 0.25) is 0 Å². The predicted octanol–water partition coefficient (Wildman–Crippen LogP) is 1.82. The third kappa shape index (κ3) is 3.67. The van der Waals surface area contributed by atoms with Crippen LogP contribution < -0.4 is 20.1 Å². The summed E-state index contributed by atoms with van der Waals surface area (Å²) >= 11 is 0. The number of hydrogen-bond donors (Lipinski definition) is 2. The lowest BCUT2D eigenvalue weighted by Gasteiger charge is -2.36. The number of carbonyl (C=O) groups excluding carboxylic acids is 1. The van der Waals surface area contributed by atoms with Crippen LogP contribution in [0, 0.1) is 5.92 Å². The molecular weight excluding hydrogens is 268 g/mol. The third-order valence-corrected chi connectivity index (χ3v) is 4.13. The van der Waals surface area contributed by atoms with Crippen molar-refractivity contribution in [3.63, 3.8) is 0 Å². The van der Waals surface area contributed by atoms with Crippen molar-refractivity contribution in [2.45, 2.75) is 32.4 Å². The SMILES string of the molecule is COc1cc(OC)cc(C(=O)NC2C(C)CCNC2C)c1. The van der Waals surface area contributed by atoms with E-state index in [9.17, 15) is 4.79 Å². The summed E-state index contributed by atoms with van der Waals surface area (Å²) in [5.74, 6) is 1.59. The summed E-state index contributed by atoms with van der Waals surface area (Å²) in [4.78, 5) is 12.5. The van der Waals surface area contributed by atoms with E-state index in [0.717, 1.165) is 13.0 Å². The van der Waals surface area contributed by atoms with Crippen LogP contribution in [0.3, 0.4) is 0 Å². The van der Waals surface area contributed by atoms with Crippen molar-refractivity contribution in [1.29, 1.82) is 0 Å². The van der Waals surface area contributed by atoms with Crippen LogP contribution in [-0.2, 0) is 0 Å². The van der Waals surface area contributed by atoms with Crippen LogP contribution in [0.1, 0.15) is 30.6 Å². The molecule has 0 spiro atoms. The maximum atomic E-state index is 12.5. The molecule has 3 atom stereocenters. The van der Waals surface area contributed by atoms with E-state index in [4.69, 9.17) is 9.47 Å². The van der Waals surface area contributed by atoms with Crippen molar-refractivity contribution in [3.05, 3.63) is 23.8 Å². The summed E-state index contributed by atoms with van der Waals surface area (Å²) in [6, 6.07) is 5.60. The van der Waals surface area contributed by atoms with Crippen LogP contribution in [0.15, 0.2) is 18.2 Å². The maximum Gasteiger partial charge on any atom is 0.251 e. The van der Waals surface area contributed by atoms with Gasteiger partial charge in [-0.3, -0.25) is 4.79 Å². The number of nitrogens with one attached hydrogen (secondary N) is 2. The Hall–Kier alpha value is -1.75. The molecule has 1 saturated heterocycles. The number of amides is 1. The Morgan fingerprint density at radius 1 is 1.19 bits per heavy atom. The summed E-state index contributed by atoms with van der Waals surface area (Å²) in [7, 11) is 3.15. The molecule has 116 valence electrons. The molecule has 0 saturated carbocycles. The Kier molecular flexibility index (Phi) is 5.07. The molecule has 1 heterocycles. The van der Waals surface area contributed by atoms with Gasteiger partial charge in [0.15, 0.2) is 0 Å². The topological polar surface area (TPSA) is 59.6 Å². The molecule has 1 aromatic carbocycles. The van der Waals surface area contributed by atoms with Gasteiger partial charge in [0.05, 0.1) is 14.2 Å². The molecule has 3 unspecified atom stereocenters. The van der Waals surface area contributed by atoms with E-state index in [0.29, 0.717) is 23.0 Å². The monoisotopic (exact) mass is 292 g/mol. The first-order valence-corrected chi connectivity index (χ1v) is 7.32. The highest BCUT2D eigenvalue weighted by Crippen LogP contribution is 2.23. The van der Waals surface area contributed by atoms with Gasteiger partial charge in [-0.25, -0.2) is 0 Å². The highest BCUT2D eigenvalue weighted by molar-refractivity contribution is 5.95. The third-order valence-electron chi connectivity index (χ3n) is 4.13. The number of ether oxygens (including phenoxy) is 2. The molecule has 1 fully saturated rings. The second kappa shape index (κ2) is 6.80. The fraction of sp³-hybridized carbons (Fsp3) is 0.562. The van der Waals surface area contributed by atoms with E-state index in [1.807, 2.05) is 0 Å². The van der Waals surface area contributed by atoms with Crippen molar-refractivity contribution in [1.82, 2.24) is 10.6 Å². The van der Waals surface area contributed by atoms with Gasteiger partial charge in [0.1, 0.15) is 11.5 Å². The quantitative estimate of drug-likeness (QED) is 0.889. The molecule has 5 nitrogen and oxygen atoms in total. The van der Waals surface area contributed by atoms with Crippen molar-refractivity contribution < 1.29 is 14.3 Å². The minimum Gasteiger partial charge on any atom is -0.497 e. The number of hydrogen-bond acceptors (Lipinski definition) is 4. The molecule has 1 aliphatic rings. The second-order valence-corrected chi connectivity index (χ2v) is 5.61. The molecule has 21 heavy (non-hydrogen) atoms. The van der Waals surface area contributed by atoms with E-state index in [-0.39, 0.29) is 18.0 Å². The van der Waals surface area contributed by atoms with Gasteiger partial charge in [-0.1, -0.05) is 6.92 Å². The van der Waals surface area contributed by atoms with Gasteiger partial charge in [-0.2, -0.15) is 0 Å². The molecular formula is C16H24N2O3. The highest BCUT2D eigenvalue weighted by atomic mass is 16.5. The lowest BCUT2D eigenvalue weighted by Crippen LogP contribution is -2.55. The van der Waals surface area contributed by atoms with E-state index >= 15 is 0 Å². The number of benzene rings is 1. The lowest BCUT2D eigenvalue weighted by molar-refractivity contribution is 0.0897. The first-order valence-electron chi connectivity index (χ1n) is 7.32. The maximum absolute atomic E-state index is 12.5. The van der Waals surface area contributed by atoms with Gasteiger partial charge in [-0.15, -0.1) is 0 Å². The Bertz CT molecular complexity index is 472. The molecule has 1 aromatic rings. The Labute approximate surface area is 126 Å². The van der Waals surface area contributed by atoms with E-state index in [1.165, 1.54) is 0 Å². The molecule has 1 amide bonds. The molecule has 5 heteroatoms. The summed E-state index contributed by atoms with van der Waals surface area (Å²) in [6.07, 6.45) is 1.07. The van der Waals surface area contributed by atoms with Crippen molar-refractivity contribution in [2.24, 2.45) is 5.92 Å². The van der Waals surface area contributed by atoms with Crippen LogP contribution >= 0.6 is 0 Å². The van der Waals surface area contributed by atoms with Crippen LogP contribution in [0.25, 0.3) is 0 Å². The number of rotatable bonds is 4. The predicted molar refractivity (Wildman–Crippen MR) is 82.0 cm³/mol. The van der Waals surface area contributed by atoms with Gasteiger partial charge in [0, 0.05) is 23.7 Å². The van der Waals surface area contributed by atoms with Crippen LogP contribution in [0.5, 0.6) is 11.5 Å². The van der Waals surface area contributed by atoms with E-state index in [1.54, 1.807) is 32.4 Å². The standard InChI is InChI=1S/C16H24N2O3/c1-10-5-6-17-11(2)15(10)18-16(19)12-7-13(20-3)9-14(8-12)21-4/h7-11,15,17H,5-6H2,1-4H3,(H,18,19). The molecule has 0 aliphatic carbocycles. The van der Waals surface area contributed by atoms with Crippen LogP contribution in [0.2, 0.25) is 0 Å². The lowest BCUT2D eigenvalue weighted by atomic mass is 9.89. The first kappa shape index (κ1) is 15.6. The summed E-state index contributed by atoms with van der Waals surface area (Å²) in [5.41, 5.74) is 0.552. The normalized spacial score (nSPS) is 25.2. The van der Waals surface area contributed by atoms with E-state index in [2.05, 4.69) is 24.5 Å². The fourth-order valence-corrected chi connectivity index (χ4v) is 2.78. The summed E-state index contributed by atoms with van der Waals surface area (Å²) in [6.45, 7) is 5.28. The molecule has 2 N–H and O–H groups in total. The molecule has 1 aliphatic heterocycles. The highest BCUT2D eigenvalue weighted by Gasteiger charge is 2.29. The number of carbonyl (C=O) groups is 1. The van der Waals surface area contributed by atoms with Gasteiger partial charge >= 0.3 is 0 Å². The van der Waals surface area contributed by atoms with Crippen molar-refractivity contribution in [3.8, 4) is 11.5 Å². The molecule has 0 bridgehead atoms. The fourth-order valence-electron chi connectivity index (χ4n) is 2.78. The molecule has 0 aromatic heterocycles. The smallest absolute Gasteiger partial charge is 0.251 e. The van der Waals surface area contributed by atoms with Crippen LogP contribution in [0.4, 0.5) is 0 Å². The first-order chi connectivity index (χ1) is 10.0. The number of methoxy groups -OCH3 is 2. The Morgan fingerprint density at radius 3 is 2.33 bits per heavy atom. The van der Waals surface area contributed by atoms with E-state index < -0.39 is 0 Å². The average Bonchev–Trinajstić information content (AvgIpc) is 2.50. The molecule has 2 rings (SSSR count). The van der Waals surface area contributed by atoms with Crippen LogP contribution in [-0.4, -0.2) is 38.8 Å². The second-order valence-electron chi connectivity index (χ2n) is 5.61. The summed E-state index contributed by atoms with van der Waals surface area (Å²) in [5, 5.41) is 6.53. The zero-order valence-electron chi connectivity index (χ0n) is 13.1. The van der Waals surface area contributed by atoms with Crippen molar-refractivity contribution in [2.75, 3.05) is 20.8 Å². The van der Waals surface area contributed by atoms with Gasteiger partial charge in [0.25, 0.3) is 5.91 Å². The average molecular weight is 292 g/mol. The largest absolute Gasteiger partial charge is 0.497 e. The minimum atomic E-state index is -0.0976. The zero-order chi connectivity index (χ0) is 15.4. The van der Waals surface area contributed by atoms with Gasteiger partial charge in [-0.05, 0) is 37.9 Å².